The molecule has 1 saturated heterocycles. The monoisotopic (exact) mass is 381 g/mol. The molecule has 1 heterocycles. The Labute approximate surface area is 157 Å². The first-order valence-electron chi connectivity index (χ1n) is 9.28. The molecule has 1 aromatic carbocycles. The lowest BCUT2D eigenvalue weighted by Crippen LogP contribution is -2.43. The van der Waals surface area contributed by atoms with Crippen molar-refractivity contribution >= 4 is 15.8 Å². The summed E-state index contributed by atoms with van der Waals surface area (Å²) < 4.78 is 29.2. The Kier molecular flexibility index (Phi) is 7.90. The molecule has 0 saturated carbocycles. The van der Waals surface area contributed by atoms with Gasteiger partial charge in [0.1, 0.15) is 0 Å². The van der Waals surface area contributed by atoms with E-state index >= 15 is 0 Å². The van der Waals surface area contributed by atoms with Crippen LogP contribution in [-0.4, -0.2) is 52.6 Å². The van der Waals surface area contributed by atoms with Crippen LogP contribution in [0.2, 0.25) is 0 Å². The van der Waals surface area contributed by atoms with Crippen LogP contribution < -0.4 is 10.6 Å². The van der Waals surface area contributed by atoms with Crippen molar-refractivity contribution in [2.24, 2.45) is 10.9 Å². The van der Waals surface area contributed by atoms with E-state index in [2.05, 4.69) is 46.8 Å². The zero-order valence-electron chi connectivity index (χ0n) is 16.0. The minimum absolute atomic E-state index is 0.0791. The second-order valence-electron chi connectivity index (χ2n) is 6.72. The summed E-state index contributed by atoms with van der Waals surface area (Å²) in [4.78, 5) is 4.19. The zero-order chi connectivity index (χ0) is 19.0. The number of nitrogens with one attached hydrogen (secondary N) is 2. The Morgan fingerprint density at radius 1 is 1.27 bits per heavy atom. The minimum atomic E-state index is -2.97. The molecular weight excluding hydrogens is 350 g/mol. The highest BCUT2D eigenvalue weighted by Gasteiger charge is 2.27. The van der Waals surface area contributed by atoms with Crippen molar-refractivity contribution in [3.63, 3.8) is 0 Å². The van der Waals surface area contributed by atoms with Gasteiger partial charge in [-0.25, -0.2) is 8.42 Å². The van der Waals surface area contributed by atoms with Crippen LogP contribution in [0.5, 0.6) is 0 Å². The fourth-order valence-corrected chi connectivity index (χ4v) is 3.80. The largest absolute Gasteiger partial charge is 0.373 e. The van der Waals surface area contributed by atoms with E-state index in [1.807, 2.05) is 0 Å². The summed E-state index contributed by atoms with van der Waals surface area (Å²) in [7, 11) is -1.28. The Balaban J connectivity index is 1.89. The SMILES string of the molecule is CCS(=O)(=O)CCNC(=NC)NCC1CCCOC1c1ccc(C)cc1. The van der Waals surface area contributed by atoms with Crippen LogP contribution in [0.25, 0.3) is 0 Å². The molecule has 0 radical (unpaired) electrons. The number of aryl methyl sites for hydroxylation is 1. The minimum Gasteiger partial charge on any atom is -0.373 e. The van der Waals surface area contributed by atoms with Crippen LogP contribution in [0, 0.1) is 12.8 Å². The summed E-state index contributed by atoms with van der Waals surface area (Å²) in [6.07, 6.45) is 2.22. The number of aliphatic imine (C=N–C) groups is 1. The number of rotatable bonds is 7. The maximum absolute atomic E-state index is 11.6. The summed E-state index contributed by atoms with van der Waals surface area (Å²) in [5.74, 6) is 1.26. The van der Waals surface area contributed by atoms with Crippen molar-refractivity contribution in [1.29, 1.82) is 0 Å². The molecule has 6 nitrogen and oxygen atoms in total. The molecule has 146 valence electrons. The highest BCUT2D eigenvalue weighted by Crippen LogP contribution is 2.33. The van der Waals surface area contributed by atoms with E-state index in [0.717, 1.165) is 26.0 Å². The number of hydrogen-bond acceptors (Lipinski definition) is 4. The third-order valence-corrected chi connectivity index (χ3v) is 6.46. The fourth-order valence-electron chi connectivity index (χ4n) is 3.09. The van der Waals surface area contributed by atoms with Crippen LogP contribution in [-0.2, 0) is 14.6 Å². The van der Waals surface area contributed by atoms with Gasteiger partial charge in [0.05, 0.1) is 11.9 Å². The quantitative estimate of drug-likeness (QED) is 0.558. The van der Waals surface area contributed by atoms with Gasteiger partial charge in [0, 0.05) is 38.4 Å². The molecule has 1 aliphatic heterocycles. The number of hydrogen-bond donors (Lipinski definition) is 2. The average Bonchev–Trinajstić information content (AvgIpc) is 2.65. The van der Waals surface area contributed by atoms with E-state index in [9.17, 15) is 8.42 Å². The lowest BCUT2D eigenvalue weighted by Gasteiger charge is -2.32. The number of ether oxygens (including phenoxy) is 1. The molecule has 2 atom stereocenters. The fraction of sp³-hybridized carbons (Fsp3) is 0.632. The van der Waals surface area contributed by atoms with Gasteiger partial charge in [-0.3, -0.25) is 4.99 Å². The van der Waals surface area contributed by atoms with Crippen LogP contribution in [0.4, 0.5) is 0 Å². The second-order valence-corrected chi connectivity index (χ2v) is 9.19. The molecule has 0 amide bonds. The number of guanidine groups is 1. The highest BCUT2D eigenvalue weighted by molar-refractivity contribution is 7.91. The van der Waals surface area contributed by atoms with E-state index < -0.39 is 9.84 Å². The molecule has 2 rings (SSSR count). The van der Waals surface area contributed by atoms with E-state index in [4.69, 9.17) is 4.74 Å². The summed E-state index contributed by atoms with van der Waals surface area (Å²) in [6, 6.07) is 8.51. The molecule has 0 aromatic heterocycles. The molecule has 1 fully saturated rings. The Morgan fingerprint density at radius 3 is 2.65 bits per heavy atom. The topological polar surface area (TPSA) is 79.8 Å². The molecule has 26 heavy (non-hydrogen) atoms. The Hall–Kier alpha value is -1.60. The third kappa shape index (κ3) is 6.29. The van der Waals surface area contributed by atoms with Gasteiger partial charge in [-0.1, -0.05) is 36.8 Å². The van der Waals surface area contributed by atoms with Gasteiger partial charge in [-0.2, -0.15) is 0 Å². The molecular formula is C19H31N3O3S. The van der Waals surface area contributed by atoms with E-state index in [1.54, 1.807) is 14.0 Å². The van der Waals surface area contributed by atoms with Crippen molar-refractivity contribution in [3.8, 4) is 0 Å². The first-order valence-corrected chi connectivity index (χ1v) is 11.1. The molecule has 1 aromatic rings. The Morgan fingerprint density at radius 2 is 2.00 bits per heavy atom. The van der Waals surface area contributed by atoms with Crippen LogP contribution >= 0.6 is 0 Å². The first-order chi connectivity index (χ1) is 12.4. The van der Waals surface area contributed by atoms with Gasteiger partial charge in [0.2, 0.25) is 0 Å². The van der Waals surface area contributed by atoms with E-state index in [0.29, 0.717) is 18.4 Å². The third-order valence-electron chi connectivity index (χ3n) is 4.75. The number of benzene rings is 1. The maximum atomic E-state index is 11.6. The summed E-state index contributed by atoms with van der Waals surface area (Å²) in [6.45, 7) is 5.63. The van der Waals surface area contributed by atoms with E-state index in [-0.39, 0.29) is 17.6 Å². The van der Waals surface area contributed by atoms with Crippen molar-refractivity contribution in [3.05, 3.63) is 35.4 Å². The summed E-state index contributed by atoms with van der Waals surface area (Å²) in [5, 5.41) is 6.40. The van der Waals surface area contributed by atoms with Gasteiger partial charge in [-0.05, 0) is 25.3 Å². The van der Waals surface area contributed by atoms with Crippen LogP contribution in [0.3, 0.4) is 0 Å². The second kappa shape index (κ2) is 9.92. The predicted molar refractivity (Wildman–Crippen MR) is 106 cm³/mol. The van der Waals surface area contributed by atoms with Gasteiger partial charge >= 0.3 is 0 Å². The van der Waals surface area contributed by atoms with Crippen molar-refractivity contribution in [1.82, 2.24) is 10.6 Å². The highest BCUT2D eigenvalue weighted by atomic mass is 32.2. The van der Waals surface area contributed by atoms with Crippen molar-refractivity contribution < 1.29 is 13.2 Å². The summed E-state index contributed by atoms with van der Waals surface area (Å²) in [5.41, 5.74) is 2.45. The number of nitrogens with zero attached hydrogens (tertiary/aromatic N) is 1. The van der Waals surface area contributed by atoms with Crippen LogP contribution in [0.15, 0.2) is 29.3 Å². The van der Waals surface area contributed by atoms with E-state index in [1.165, 1.54) is 11.1 Å². The van der Waals surface area contributed by atoms with Crippen molar-refractivity contribution in [2.75, 3.05) is 38.2 Å². The van der Waals surface area contributed by atoms with Gasteiger partial charge < -0.3 is 15.4 Å². The molecule has 0 bridgehead atoms. The van der Waals surface area contributed by atoms with Gasteiger partial charge in [0.15, 0.2) is 15.8 Å². The molecule has 7 heteroatoms. The lowest BCUT2D eigenvalue weighted by molar-refractivity contribution is -0.0265. The first kappa shape index (κ1) is 20.7. The van der Waals surface area contributed by atoms with Crippen molar-refractivity contribution in [2.45, 2.75) is 32.8 Å². The summed E-state index contributed by atoms with van der Waals surface area (Å²) >= 11 is 0. The average molecular weight is 382 g/mol. The standard InChI is InChI=1S/C19H31N3O3S/c1-4-26(23,24)13-11-21-19(20-3)22-14-17-6-5-12-25-18(17)16-9-7-15(2)8-10-16/h7-10,17-18H,4-6,11-14H2,1-3H3,(H2,20,21,22). The maximum Gasteiger partial charge on any atom is 0.191 e. The smallest absolute Gasteiger partial charge is 0.191 e. The molecule has 1 aliphatic rings. The van der Waals surface area contributed by atoms with Crippen LogP contribution in [0.1, 0.15) is 37.0 Å². The van der Waals surface area contributed by atoms with Gasteiger partial charge in [-0.15, -0.1) is 0 Å². The normalized spacial score (nSPS) is 21.4. The Bertz CT molecular complexity index is 686. The number of sulfone groups is 1. The zero-order valence-corrected chi connectivity index (χ0v) is 16.8. The molecule has 0 spiro atoms. The molecule has 0 aliphatic carbocycles. The predicted octanol–water partition coefficient (Wildman–Crippen LogP) is 2.06. The molecule has 2 N–H and O–H groups in total. The molecule has 2 unspecified atom stereocenters. The lowest BCUT2D eigenvalue weighted by atomic mass is 9.89. The van der Waals surface area contributed by atoms with Gasteiger partial charge in [0.25, 0.3) is 0 Å².